The predicted molar refractivity (Wildman–Crippen MR) is 105 cm³/mol. The van der Waals surface area contributed by atoms with Crippen molar-refractivity contribution in [1.82, 2.24) is 5.16 Å². The number of rotatable bonds is 7. The molecular weight excluding hydrogens is 308 g/mol. The molecule has 3 heteroatoms. The molecule has 0 aliphatic heterocycles. The molecule has 0 amide bonds. The fourth-order valence-electron chi connectivity index (χ4n) is 2.87. The number of aromatic nitrogens is 1. The van der Waals surface area contributed by atoms with Gasteiger partial charge in [0.2, 0.25) is 0 Å². The lowest BCUT2D eigenvalue weighted by Gasteiger charge is -2.14. The van der Waals surface area contributed by atoms with Crippen molar-refractivity contribution in [2.45, 2.75) is 32.7 Å². The summed E-state index contributed by atoms with van der Waals surface area (Å²) in [6.45, 7) is 7.92. The highest BCUT2D eigenvalue weighted by Crippen LogP contribution is 2.33. The van der Waals surface area contributed by atoms with E-state index >= 15 is 0 Å². The second-order valence-corrected chi connectivity index (χ2v) is 6.33. The lowest BCUT2D eigenvalue weighted by Crippen LogP contribution is -2.15. The first-order valence-electron chi connectivity index (χ1n) is 8.68. The maximum absolute atomic E-state index is 5.60. The Morgan fingerprint density at radius 2 is 1.68 bits per heavy atom. The number of hydrogen-bond donors (Lipinski definition) is 1. The van der Waals surface area contributed by atoms with E-state index in [1.54, 1.807) is 0 Å². The first-order valence-corrected chi connectivity index (χ1v) is 8.68. The third kappa shape index (κ3) is 4.00. The average molecular weight is 332 g/mol. The van der Waals surface area contributed by atoms with E-state index in [-0.39, 0.29) is 0 Å². The summed E-state index contributed by atoms with van der Waals surface area (Å²) in [4.78, 5) is 0. The highest BCUT2D eigenvalue weighted by molar-refractivity contribution is 5.76. The lowest BCUT2D eigenvalue weighted by atomic mass is 10.0. The van der Waals surface area contributed by atoms with E-state index in [1.165, 1.54) is 11.1 Å². The highest BCUT2D eigenvalue weighted by atomic mass is 16.5. The van der Waals surface area contributed by atoms with Gasteiger partial charge in [-0.15, -0.1) is 6.58 Å². The lowest BCUT2D eigenvalue weighted by molar-refractivity contribution is 0.427. The molecule has 1 N–H and O–H groups in total. The molecule has 1 heterocycles. The van der Waals surface area contributed by atoms with Crippen LogP contribution in [0.15, 0.2) is 71.8 Å². The Bertz CT molecular complexity index is 819. The van der Waals surface area contributed by atoms with Crippen molar-refractivity contribution < 1.29 is 4.52 Å². The average Bonchev–Trinajstić information content (AvgIpc) is 3.01. The van der Waals surface area contributed by atoms with Crippen LogP contribution in [0.4, 0.5) is 5.69 Å². The summed E-state index contributed by atoms with van der Waals surface area (Å²) < 4.78 is 5.60. The van der Waals surface area contributed by atoms with Gasteiger partial charge in [-0.3, -0.25) is 0 Å². The molecule has 3 rings (SSSR count). The quantitative estimate of drug-likeness (QED) is 0.532. The first kappa shape index (κ1) is 17.0. The number of anilines is 1. The van der Waals surface area contributed by atoms with Crippen LogP contribution in [0.2, 0.25) is 0 Å². The van der Waals surface area contributed by atoms with Gasteiger partial charge in [0.25, 0.3) is 0 Å². The third-order valence-corrected chi connectivity index (χ3v) is 4.31. The second kappa shape index (κ2) is 7.84. The van der Waals surface area contributed by atoms with Gasteiger partial charge in [-0.05, 0) is 37.8 Å². The molecular formula is C22H24N2O. The Morgan fingerprint density at radius 1 is 1.04 bits per heavy atom. The van der Waals surface area contributed by atoms with Gasteiger partial charge < -0.3 is 9.84 Å². The van der Waals surface area contributed by atoms with Crippen LogP contribution >= 0.6 is 0 Å². The Kier molecular flexibility index (Phi) is 5.34. The van der Waals surface area contributed by atoms with Crippen molar-refractivity contribution in [3.05, 3.63) is 72.9 Å². The molecule has 0 aliphatic carbocycles. The molecule has 0 aliphatic rings. The summed E-state index contributed by atoms with van der Waals surface area (Å²) in [5, 5.41) is 7.68. The van der Waals surface area contributed by atoms with Crippen molar-refractivity contribution in [1.29, 1.82) is 0 Å². The van der Waals surface area contributed by atoms with Crippen LogP contribution in [0, 0.1) is 6.92 Å². The Morgan fingerprint density at radius 3 is 2.36 bits per heavy atom. The molecule has 25 heavy (non-hydrogen) atoms. The van der Waals surface area contributed by atoms with Gasteiger partial charge >= 0.3 is 0 Å². The minimum atomic E-state index is 0.332. The van der Waals surface area contributed by atoms with Gasteiger partial charge in [-0.1, -0.05) is 65.8 Å². The Labute approximate surface area is 149 Å². The minimum Gasteiger partial charge on any atom is -0.378 e. The highest BCUT2D eigenvalue weighted by Gasteiger charge is 2.16. The maximum Gasteiger partial charge on any atom is 0.190 e. The topological polar surface area (TPSA) is 38.1 Å². The molecule has 1 aromatic heterocycles. The summed E-state index contributed by atoms with van der Waals surface area (Å²) in [7, 11) is 0. The molecule has 0 spiro atoms. The summed E-state index contributed by atoms with van der Waals surface area (Å²) in [5.41, 5.74) is 5.28. The zero-order chi connectivity index (χ0) is 17.6. The predicted octanol–water partition coefficient (Wildman–Crippen LogP) is 6.08. The molecule has 0 saturated heterocycles. The van der Waals surface area contributed by atoms with Crippen LogP contribution in [0.25, 0.3) is 22.5 Å². The van der Waals surface area contributed by atoms with Crippen LogP contribution in [0.3, 0.4) is 0 Å². The fraction of sp³-hybridized carbons (Fsp3) is 0.227. The van der Waals surface area contributed by atoms with Gasteiger partial charge in [0, 0.05) is 11.6 Å². The molecule has 0 radical (unpaired) electrons. The van der Waals surface area contributed by atoms with E-state index in [1.807, 2.05) is 19.1 Å². The largest absolute Gasteiger partial charge is 0.378 e. The molecule has 1 atom stereocenters. The molecule has 3 aromatic rings. The van der Waals surface area contributed by atoms with Gasteiger partial charge in [0.05, 0.1) is 0 Å². The first-order chi connectivity index (χ1) is 12.2. The van der Waals surface area contributed by atoms with Crippen molar-refractivity contribution in [2.24, 2.45) is 0 Å². The van der Waals surface area contributed by atoms with E-state index in [0.29, 0.717) is 6.04 Å². The third-order valence-electron chi connectivity index (χ3n) is 4.31. The van der Waals surface area contributed by atoms with Crippen LogP contribution in [-0.4, -0.2) is 11.2 Å². The van der Waals surface area contributed by atoms with Gasteiger partial charge in [0.1, 0.15) is 11.4 Å². The van der Waals surface area contributed by atoms with Crippen molar-refractivity contribution in [2.75, 3.05) is 5.32 Å². The monoisotopic (exact) mass is 332 g/mol. The summed E-state index contributed by atoms with van der Waals surface area (Å²) >= 11 is 0. The summed E-state index contributed by atoms with van der Waals surface area (Å²) in [5.74, 6) is 0.794. The Hall–Kier alpha value is -2.81. The molecule has 0 saturated carbocycles. The van der Waals surface area contributed by atoms with E-state index in [9.17, 15) is 0 Å². The SMILES string of the molecule is C=CCCC(C)Nc1c(C)noc1-c1ccc(-c2ccccc2)cc1. The molecule has 0 fully saturated rings. The van der Waals surface area contributed by atoms with E-state index in [2.05, 4.69) is 72.5 Å². The van der Waals surface area contributed by atoms with Crippen LogP contribution in [0.5, 0.6) is 0 Å². The summed E-state index contributed by atoms with van der Waals surface area (Å²) in [6, 6.07) is 19.1. The molecule has 1 unspecified atom stereocenters. The number of nitrogens with one attached hydrogen (secondary N) is 1. The number of allylic oxidation sites excluding steroid dienone is 1. The van der Waals surface area contributed by atoms with Crippen molar-refractivity contribution >= 4 is 5.69 Å². The molecule has 128 valence electrons. The standard InChI is InChI=1S/C22H24N2O/c1-4-5-9-16(2)23-21-17(3)24-25-22(21)20-14-12-19(13-15-20)18-10-7-6-8-11-18/h4,6-8,10-16,23H,1,5,9H2,2-3H3. The zero-order valence-electron chi connectivity index (χ0n) is 14.8. The number of hydrogen-bond acceptors (Lipinski definition) is 3. The van der Waals surface area contributed by atoms with Crippen molar-refractivity contribution in [3.63, 3.8) is 0 Å². The van der Waals surface area contributed by atoms with E-state index in [0.717, 1.165) is 35.5 Å². The number of benzene rings is 2. The van der Waals surface area contributed by atoms with Gasteiger partial charge in [-0.25, -0.2) is 0 Å². The minimum absolute atomic E-state index is 0.332. The van der Waals surface area contributed by atoms with Crippen LogP contribution in [-0.2, 0) is 0 Å². The van der Waals surface area contributed by atoms with E-state index < -0.39 is 0 Å². The van der Waals surface area contributed by atoms with Gasteiger partial charge in [-0.2, -0.15) is 0 Å². The van der Waals surface area contributed by atoms with Crippen molar-refractivity contribution in [3.8, 4) is 22.5 Å². The molecule has 0 bridgehead atoms. The number of aryl methyl sites for hydroxylation is 1. The zero-order valence-corrected chi connectivity index (χ0v) is 14.8. The summed E-state index contributed by atoms with van der Waals surface area (Å²) in [6.07, 6.45) is 3.96. The molecule has 3 nitrogen and oxygen atoms in total. The Balaban J connectivity index is 1.83. The second-order valence-electron chi connectivity index (χ2n) is 6.33. The maximum atomic E-state index is 5.60. The van der Waals surface area contributed by atoms with Crippen LogP contribution in [0.1, 0.15) is 25.5 Å². The smallest absolute Gasteiger partial charge is 0.190 e. The molecule has 2 aromatic carbocycles. The van der Waals surface area contributed by atoms with E-state index in [4.69, 9.17) is 4.52 Å². The van der Waals surface area contributed by atoms with Gasteiger partial charge in [0.15, 0.2) is 5.76 Å². The fourth-order valence-corrected chi connectivity index (χ4v) is 2.87. The van der Waals surface area contributed by atoms with Crippen LogP contribution < -0.4 is 5.32 Å². The number of nitrogens with zero attached hydrogens (tertiary/aromatic N) is 1. The normalized spacial score (nSPS) is 11.9.